The third-order valence-electron chi connectivity index (χ3n) is 5.39. The lowest BCUT2D eigenvalue weighted by Gasteiger charge is -2.35. The first-order valence-electron chi connectivity index (χ1n) is 10.1. The summed E-state index contributed by atoms with van der Waals surface area (Å²) in [6.45, 7) is 9.26. The van der Waals surface area contributed by atoms with E-state index in [1.807, 2.05) is 18.2 Å². The zero-order chi connectivity index (χ0) is 20.8. The summed E-state index contributed by atoms with van der Waals surface area (Å²) >= 11 is 5.18. The van der Waals surface area contributed by atoms with Crippen molar-refractivity contribution in [2.75, 3.05) is 45.5 Å². The Bertz CT molecular complexity index is 822. The van der Waals surface area contributed by atoms with Gasteiger partial charge in [-0.2, -0.15) is 0 Å². The molecule has 0 radical (unpaired) electrons. The van der Waals surface area contributed by atoms with Crippen LogP contribution in [0.2, 0.25) is 0 Å². The summed E-state index contributed by atoms with van der Waals surface area (Å²) in [4.78, 5) is 18.8. The van der Waals surface area contributed by atoms with Crippen LogP contribution in [0, 0.1) is 13.8 Å². The van der Waals surface area contributed by atoms with E-state index >= 15 is 0 Å². The lowest BCUT2D eigenvalue weighted by atomic mass is 10.1. The molecule has 1 aliphatic heterocycles. The highest BCUT2D eigenvalue weighted by Gasteiger charge is 2.21. The molecule has 4 nitrogen and oxygen atoms in total. The minimum absolute atomic E-state index is 0.0143. The fourth-order valence-corrected chi connectivity index (χ4v) is 4.87. The minimum atomic E-state index is 0.0143. The number of carbonyl (C=O) groups excluding carboxylic acids is 1. The highest BCUT2D eigenvalue weighted by molar-refractivity contribution is 9.10. The highest BCUT2D eigenvalue weighted by atomic mass is 79.9. The molecule has 156 valence electrons. The standard InChI is InChI=1S/C23H30BrN3OS/c1-17-14-22(18(2)13-20(17)24)29-16-23(28)25-21(19-7-5-4-6-8-19)15-27-11-9-26(3)10-12-27/h4-8,13-14,21H,9-12,15-16H2,1-3H3,(H,25,28). The molecule has 1 fully saturated rings. The Morgan fingerprint density at radius 2 is 1.79 bits per heavy atom. The van der Waals surface area contributed by atoms with Crippen LogP contribution in [-0.4, -0.2) is 61.2 Å². The molecule has 0 aliphatic carbocycles. The first-order valence-corrected chi connectivity index (χ1v) is 11.8. The average Bonchev–Trinajstić information content (AvgIpc) is 2.71. The van der Waals surface area contributed by atoms with Gasteiger partial charge in [0.1, 0.15) is 0 Å². The number of piperazine rings is 1. The van der Waals surface area contributed by atoms with Gasteiger partial charge < -0.3 is 10.2 Å². The maximum Gasteiger partial charge on any atom is 0.230 e. The van der Waals surface area contributed by atoms with Gasteiger partial charge in [0.25, 0.3) is 0 Å². The van der Waals surface area contributed by atoms with E-state index in [1.54, 1.807) is 11.8 Å². The van der Waals surface area contributed by atoms with Gasteiger partial charge >= 0.3 is 0 Å². The van der Waals surface area contributed by atoms with E-state index in [-0.39, 0.29) is 11.9 Å². The topological polar surface area (TPSA) is 35.6 Å². The number of rotatable bonds is 7. The summed E-state index contributed by atoms with van der Waals surface area (Å²) in [6, 6.07) is 14.6. The summed E-state index contributed by atoms with van der Waals surface area (Å²) in [5.41, 5.74) is 3.55. The molecule has 6 heteroatoms. The number of likely N-dealkylation sites (N-methyl/N-ethyl adjacent to an activating group) is 1. The number of carbonyl (C=O) groups is 1. The van der Waals surface area contributed by atoms with Crippen LogP contribution in [0.15, 0.2) is 51.8 Å². The first-order chi connectivity index (χ1) is 13.9. The number of hydrogen-bond donors (Lipinski definition) is 1. The van der Waals surface area contributed by atoms with Crippen LogP contribution in [0.5, 0.6) is 0 Å². The molecule has 1 atom stereocenters. The third-order valence-corrected chi connectivity index (χ3v) is 7.40. The van der Waals surface area contributed by atoms with E-state index in [1.165, 1.54) is 16.7 Å². The van der Waals surface area contributed by atoms with Crippen LogP contribution >= 0.6 is 27.7 Å². The summed E-state index contributed by atoms with van der Waals surface area (Å²) in [5, 5.41) is 3.28. The van der Waals surface area contributed by atoms with Crippen LogP contribution in [0.3, 0.4) is 0 Å². The van der Waals surface area contributed by atoms with Crippen LogP contribution in [0.4, 0.5) is 0 Å². The Kier molecular flexibility index (Phi) is 8.18. The number of amides is 1. The second kappa shape index (κ2) is 10.6. The van der Waals surface area contributed by atoms with E-state index in [9.17, 15) is 4.79 Å². The summed E-state index contributed by atoms with van der Waals surface area (Å²) < 4.78 is 1.11. The molecule has 1 amide bonds. The summed E-state index contributed by atoms with van der Waals surface area (Å²) in [5.74, 6) is 0.506. The molecule has 1 saturated heterocycles. The molecule has 2 aromatic rings. The van der Waals surface area contributed by atoms with Gasteiger partial charge in [0.2, 0.25) is 5.91 Å². The average molecular weight is 476 g/mol. The molecule has 0 aromatic heterocycles. The van der Waals surface area contributed by atoms with Crippen molar-refractivity contribution in [2.24, 2.45) is 0 Å². The molecule has 0 bridgehead atoms. The van der Waals surface area contributed by atoms with Crippen molar-refractivity contribution in [3.8, 4) is 0 Å². The van der Waals surface area contributed by atoms with Gasteiger partial charge in [-0.25, -0.2) is 0 Å². The molecule has 2 aromatic carbocycles. The number of nitrogens with one attached hydrogen (secondary N) is 1. The van der Waals surface area contributed by atoms with Crippen molar-refractivity contribution < 1.29 is 4.79 Å². The zero-order valence-electron chi connectivity index (χ0n) is 17.5. The van der Waals surface area contributed by atoms with Gasteiger partial charge in [0.15, 0.2) is 0 Å². The molecule has 1 unspecified atom stereocenters. The Balaban J connectivity index is 1.62. The molecular formula is C23H30BrN3OS. The fourth-order valence-electron chi connectivity index (χ4n) is 3.50. The number of benzene rings is 2. The third kappa shape index (κ3) is 6.57. The van der Waals surface area contributed by atoms with Crippen molar-refractivity contribution in [3.63, 3.8) is 0 Å². The maximum absolute atomic E-state index is 12.8. The van der Waals surface area contributed by atoms with Crippen molar-refractivity contribution in [1.82, 2.24) is 15.1 Å². The highest BCUT2D eigenvalue weighted by Crippen LogP contribution is 2.28. The molecule has 1 heterocycles. The van der Waals surface area contributed by atoms with Crippen LogP contribution < -0.4 is 5.32 Å². The summed E-state index contributed by atoms with van der Waals surface area (Å²) in [7, 11) is 2.16. The maximum atomic E-state index is 12.8. The molecule has 1 N–H and O–H groups in total. The molecular weight excluding hydrogens is 446 g/mol. The second-order valence-electron chi connectivity index (χ2n) is 7.79. The Labute approximate surface area is 187 Å². The van der Waals surface area contributed by atoms with E-state index in [0.717, 1.165) is 42.1 Å². The van der Waals surface area contributed by atoms with Gasteiger partial charge in [0, 0.05) is 42.1 Å². The predicted molar refractivity (Wildman–Crippen MR) is 126 cm³/mol. The van der Waals surface area contributed by atoms with Gasteiger partial charge in [-0.1, -0.05) is 46.3 Å². The SMILES string of the molecule is Cc1cc(SCC(=O)NC(CN2CCN(C)CC2)c2ccccc2)c(C)cc1Br. The lowest BCUT2D eigenvalue weighted by Crippen LogP contribution is -2.48. The lowest BCUT2D eigenvalue weighted by molar-refractivity contribution is -0.119. The van der Waals surface area contributed by atoms with E-state index in [2.05, 4.69) is 76.2 Å². The van der Waals surface area contributed by atoms with Crippen LogP contribution in [-0.2, 0) is 4.79 Å². The van der Waals surface area contributed by atoms with Gasteiger partial charge in [0.05, 0.1) is 11.8 Å². The molecule has 3 rings (SSSR count). The number of nitrogens with zero attached hydrogens (tertiary/aromatic N) is 2. The fraction of sp³-hybridized carbons (Fsp3) is 0.435. The Morgan fingerprint density at radius 1 is 1.10 bits per heavy atom. The minimum Gasteiger partial charge on any atom is -0.347 e. The van der Waals surface area contributed by atoms with Gasteiger partial charge in [-0.15, -0.1) is 11.8 Å². The van der Waals surface area contributed by atoms with Crippen molar-refractivity contribution in [2.45, 2.75) is 24.8 Å². The van der Waals surface area contributed by atoms with E-state index < -0.39 is 0 Å². The Morgan fingerprint density at radius 3 is 2.48 bits per heavy atom. The molecule has 29 heavy (non-hydrogen) atoms. The second-order valence-corrected chi connectivity index (χ2v) is 9.66. The monoisotopic (exact) mass is 475 g/mol. The first kappa shape index (κ1) is 22.3. The van der Waals surface area contributed by atoms with Crippen molar-refractivity contribution >= 4 is 33.6 Å². The molecule has 0 spiro atoms. The van der Waals surface area contributed by atoms with Gasteiger partial charge in [-0.3, -0.25) is 9.69 Å². The molecule has 0 saturated carbocycles. The van der Waals surface area contributed by atoms with Crippen LogP contribution in [0.1, 0.15) is 22.7 Å². The van der Waals surface area contributed by atoms with E-state index in [0.29, 0.717) is 5.75 Å². The number of halogens is 1. The van der Waals surface area contributed by atoms with E-state index in [4.69, 9.17) is 0 Å². The van der Waals surface area contributed by atoms with Gasteiger partial charge in [-0.05, 0) is 49.7 Å². The van der Waals surface area contributed by atoms with Crippen molar-refractivity contribution in [1.29, 1.82) is 0 Å². The predicted octanol–water partition coefficient (Wildman–Crippen LogP) is 4.26. The van der Waals surface area contributed by atoms with Crippen molar-refractivity contribution in [3.05, 3.63) is 63.6 Å². The number of aryl methyl sites for hydroxylation is 2. The number of hydrogen-bond acceptors (Lipinski definition) is 4. The smallest absolute Gasteiger partial charge is 0.230 e. The van der Waals surface area contributed by atoms with Crippen LogP contribution in [0.25, 0.3) is 0 Å². The number of thioether (sulfide) groups is 1. The summed E-state index contributed by atoms with van der Waals surface area (Å²) in [6.07, 6.45) is 0. The molecule has 1 aliphatic rings. The largest absolute Gasteiger partial charge is 0.347 e. The Hall–Kier alpha value is -1.34. The zero-order valence-corrected chi connectivity index (χ0v) is 19.9. The quantitative estimate of drug-likeness (QED) is 0.606. The normalized spacial score (nSPS) is 16.6.